The van der Waals surface area contributed by atoms with Gasteiger partial charge >= 0.3 is 0 Å². The summed E-state index contributed by atoms with van der Waals surface area (Å²) in [6.45, 7) is 3.48. The summed E-state index contributed by atoms with van der Waals surface area (Å²) in [5.41, 5.74) is 4.40. The van der Waals surface area contributed by atoms with Crippen molar-refractivity contribution in [3.63, 3.8) is 0 Å². The second-order valence-electron chi connectivity index (χ2n) is 7.11. The van der Waals surface area contributed by atoms with E-state index in [9.17, 15) is 0 Å². The van der Waals surface area contributed by atoms with Crippen LogP contribution >= 0.6 is 0 Å². The number of nitrogens with one attached hydrogen (secondary N) is 1. The number of nitrogens with zero attached hydrogens (tertiary/aromatic N) is 4. The quantitative estimate of drug-likeness (QED) is 0.482. The molecule has 30 heavy (non-hydrogen) atoms. The number of anilines is 1. The molecule has 2 heterocycles. The van der Waals surface area contributed by atoms with Gasteiger partial charge in [-0.25, -0.2) is 14.6 Å². The molecule has 0 aliphatic rings. The summed E-state index contributed by atoms with van der Waals surface area (Å²) in [5.74, 6) is 2.25. The molecule has 154 valence electrons. The molecule has 0 unspecified atom stereocenters. The number of rotatable bonds is 8. The average molecular weight is 403 g/mol. The van der Waals surface area contributed by atoms with Crippen LogP contribution < -0.4 is 14.8 Å². The lowest BCUT2D eigenvalue weighted by atomic mass is 10.1. The Hall–Kier alpha value is -3.61. The van der Waals surface area contributed by atoms with Gasteiger partial charge in [-0.3, -0.25) is 0 Å². The molecule has 0 radical (unpaired) electrons. The van der Waals surface area contributed by atoms with Gasteiger partial charge in [-0.15, -0.1) is 0 Å². The highest BCUT2D eigenvalue weighted by molar-refractivity contribution is 5.86. The normalized spacial score (nSPS) is 10.9. The van der Waals surface area contributed by atoms with E-state index in [2.05, 4.69) is 51.6 Å². The van der Waals surface area contributed by atoms with E-state index < -0.39 is 0 Å². The monoisotopic (exact) mass is 403 g/mol. The highest BCUT2D eigenvalue weighted by atomic mass is 16.5. The maximum absolute atomic E-state index is 5.38. The summed E-state index contributed by atoms with van der Waals surface area (Å²) in [6.07, 6.45) is 4.22. The van der Waals surface area contributed by atoms with Crippen LogP contribution in [0.2, 0.25) is 0 Å². The van der Waals surface area contributed by atoms with Crippen molar-refractivity contribution in [2.45, 2.75) is 19.9 Å². The summed E-state index contributed by atoms with van der Waals surface area (Å²) in [5, 5.41) is 8.85. The van der Waals surface area contributed by atoms with Crippen molar-refractivity contribution in [2.24, 2.45) is 0 Å². The van der Waals surface area contributed by atoms with E-state index in [1.807, 2.05) is 29.1 Å². The van der Waals surface area contributed by atoms with Gasteiger partial charge in [0.05, 0.1) is 32.3 Å². The van der Waals surface area contributed by atoms with E-state index in [1.165, 1.54) is 11.1 Å². The van der Waals surface area contributed by atoms with Crippen molar-refractivity contribution in [2.75, 3.05) is 26.1 Å². The molecule has 0 saturated carbocycles. The highest BCUT2D eigenvalue weighted by Gasteiger charge is 2.10. The molecular formula is C23H25N5O2. The molecule has 0 saturated heterocycles. The van der Waals surface area contributed by atoms with Crippen LogP contribution in [0.1, 0.15) is 16.7 Å². The first-order valence-corrected chi connectivity index (χ1v) is 9.85. The van der Waals surface area contributed by atoms with Crippen LogP contribution in [0.25, 0.3) is 11.0 Å². The number of methoxy groups -OCH3 is 2. The van der Waals surface area contributed by atoms with E-state index >= 15 is 0 Å². The second kappa shape index (κ2) is 8.82. The number of aryl methyl sites for hydroxylation is 1. The number of ether oxygens (including phenoxy) is 2. The van der Waals surface area contributed by atoms with Gasteiger partial charge < -0.3 is 14.8 Å². The Morgan fingerprint density at radius 2 is 1.70 bits per heavy atom. The molecule has 4 aromatic rings. The standard InChI is InChI=1S/C23H25N5O2/c1-16-4-6-18(7-5-16)14-28-23-19(13-27-28)22(25-15-26-23)24-11-10-17-8-9-20(29-2)21(12-17)30-3/h4-9,12-13,15H,10-11,14H2,1-3H3,(H,24,25,26). The molecule has 0 amide bonds. The van der Waals surface area contributed by atoms with Crippen LogP contribution in [0, 0.1) is 6.92 Å². The van der Waals surface area contributed by atoms with Gasteiger partial charge in [-0.05, 0) is 36.6 Å². The fraction of sp³-hybridized carbons (Fsp3) is 0.261. The third-order valence-electron chi connectivity index (χ3n) is 5.04. The summed E-state index contributed by atoms with van der Waals surface area (Å²) in [7, 11) is 3.28. The average Bonchev–Trinajstić information content (AvgIpc) is 3.19. The lowest BCUT2D eigenvalue weighted by Gasteiger charge is -2.10. The minimum Gasteiger partial charge on any atom is -0.493 e. The van der Waals surface area contributed by atoms with Gasteiger partial charge in [0.15, 0.2) is 17.1 Å². The van der Waals surface area contributed by atoms with Crippen LogP contribution in [-0.4, -0.2) is 40.5 Å². The van der Waals surface area contributed by atoms with E-state index in [4.69, 9.17) is 9.47 Å². The number of hydrogen-bond donors (Lipinski definition) is 1. The topological polar surface area (TPSA) is 74.1 Å². The predicted octanol–water partition coefficient (Wildman–Crippen LogP) is 3.85. The maximum Gasteiger partial charge on any atom is 0.163 e. The lowest BCUT2D eigenvalue weighted by molar-refractivity contribution is 0.354. The molecule has 2 aromatic carbocycles. The molecule has 0 aliphatic carbocycles. The van der Waals surface area contributed by atoms with Crippen LogP contribution in [0.5, 0.6) is 11.5 Å². The molecule has 0 spiro atoms. The fourth-order valence-corrected chi connectivity index (χ4v) is 3.38. The van der Waals surface area contributed by atoms with Crippen molar-refractivity contribution in [3.8, 4) is 11.5 Å². The minimum absolute atomic E-state index is 0.672. The SMILES string of the molecule is COc1ccc(CCNc2ncnc3c2cnn3Cc2ccc(C)cc2)cc1OC. The fourth-order valence-electron chi connectivity index (χ4n) is 3.38. The number of hydrogen-bond acceptors (Lipinski definition) is 6. The Kier molecular flexibility index (Phi) is 5.79. The van der Waals surface area contributed by atoms with Gasteiger partial charge in [0.25, 0.3) is 0 Å². The lowest BCUT2D eigenvalue weighted by Crippen LogP contribution is -2.08. The number of fused-ring (bicyclic) bond motifs is 1. The van der Waals surface area contributed by atoms with Crippen molar-refractivity contribution in [1.29, 1.82) is 0 Å². The minimum atomic E-state index is 0.672. The molecule has 4 rings (SSSR count). The van der Waals surface area contributed by atoms with Gasteiger partial charge in [0.2, 0.25) is 0 Å². The van der Waals surface area contributed by atoms with Crippen LogP contribution in [0.15, 0.2) is 55.0 Å². The van der Waals surface area contributed by atoms with Gasteiger partial charge in [-0.1, -0.05) is 35.9 Å². The first-order valence-electron chi connectivity index (χ1n) is 9.85. The van der Waals surface area contributed by atoms with Gasteiger partial charge in [0, 0.05) is 6.54 Å². The molecule has 2 aromatic heterocycles. The number of benzene rings is 2. The molecule has 0 fully saturated rings. The summed E-state index contributed by atoms with van der Waals surface area (Å²) >= 11 is 0. The first-order chi connectivity index (χ1) is 14.7. The summed E-state index contributed by atoms with van der Waals surface area (Å²) < 4.78 is 12.6. The van der Waals surface area contributed by atoms with E-state index in [-0.39, 0.29) is 0 Å². The molecule has 7 nitrogen and oxygen atoms in total. The first kappa shape index (κ1) is 19.7. The predicted molar refractivity (Wildman–Crippen MR) is 117 cm³/mol. The third-order valence-corrected chi connectivity index (χ3v) is 5.04. The molecule has 1 N–H and O–H groups in total. The van der Waals surface area contributed by atoms with E-state index in [1.54, 1.807) is 20.5 Å². The van der Waals surface area contributed by atoms with Crippen LogP contribution in [-0.2, 0) is 13.0 Å². The Morgan fingerprint density at radius 1 is 0.933 bits per heavy atom. The van der Waals surface area contributed by atoms with Crippen molar-refractivity contribution >= 4 is 16.9 Å². The summed E-state index contributed by atoms with van der Waals surface area (Å²) in [6, 6.07) is 14.4. The molecule has 7 heteroatoms. The van der Waals surface area contributed by atoms with E-state index in [0.717, 1.165) is 46.9 Å². The zero-order valence-corrected chi connectivity index (χ0v) is 17.4. The molecule has 0 bridgehead atoms. The van der Waals surface area contributed by atoms with E-state index in [0.29, 0.717) is 6.54 Å². The molecular weight excluding hydrogens is 378 g/mol. The Balaban J connectivity index is 1.46. The molecule has 0 aliphatic heterocycles. The van der Waals surface area contributed by atoms with Crippen molar-refractivity contribution in [3.05, 3.63) is 71.7 Å². The Bertz CT molecular complexity index is 1140. The smallest absolute Gasteiger partial charge is 0.163 e. The highest BCUT2D eigenvalue weighted by Crippen LogP contribution is 2.28. The number of aromatic nitrogens is 4. The Morgan fingerprint density at radius 3 is 2.47 bits per heavy atom. The van der Waals surface area contributed by atoms with Crippen molar-refractivity contribution < 1.29 is 9.47 Å². The van der Waals surface area contributed by atoms with Crippen molar-refractivity contribution in [1.82, 2.24) is 19.7 Å². The zero-order valence-electron chi connectivity index (χ0n) is 17.4. The second-order valence-corrected chi connectivity index (χ2v) is 7.11. The van der Waals surface area contributed by atoms with Crippen LogP contribution in [0.3, 0.4) is 0 Å². The van der Waals surface area contributed by atoms with Gasteiger partial charge in [0.1, 0.15) is 12.1 Å². The molecule has 0 atom stereocenters. The largest absolute Gasteiger partial charge is 0.493 e. The summed E-state index contributed by atoms with van der Waals surface area (Å²) in [4.78, 5) is 8.85. The maximum atomic E-state index is 5.38. The van der Waals surface area contributed by atoms with Gasteiger partial charge in [-0.2, -0.15) is 5.10 Å². The Labute approximate surface area is 175 Å². The third kappa shape index (κ3) is 4.20. The van der Waals surface area contributed by atoms with Crippen LogP contribution in [0.4, 0.5) is 5.82 Å². The zero-order chi connectivity index (χ0) is 20.9.